The molecular formula is C17H26FNO. The van der Waals surface area contributed by atoms with Crippen LogP contribution in [0, 0.1) is 5.82 Å². The van der Waals surface area contributed by atoms with Crippen molar-refractivity contribution in [3.8, 4) is 0 Å². The van der Waals surface area contributed by atoms with Crippen LogP contribution in [0.4, 0.5) is 4.39 Å². The molecule has 112 valence electrons. The van der Waals surface area contributed by atoms with E-state index in [4.69, 9.17) is 0 Å². The molecule has 0 spiro atoms. The molecule has 1 unspecified atom stereocenters. The summed E-state index contributed by atoms with van der Waals surface area (Å²) in [7, 11) is 0. The standard InChI is InChI=1S/C17H26FNO/c1-3-17(4-2,19-10-5-6-11-19)16(20)13-14-8-7-9-15(18)12-14/h7-9,12,16,20H,3-6,10-11,13H2,1-2H3. The number of rotatable bonds is 6. The van der Waals surface area contributed by atoms with Crippen LogP contribution in [-0.4, -0.2) is 34.7 Å². The Morgan fingerprint density at radius 3 is 2.45 bits per heavy atom. The van der Waals surface area contributed by atoms with Crippen molar-refractivity contribution in [3.63, 3.8) is 0 Å². The van der Waals surface area contributed by atoms with Crippen LogP contribution in [0.1, 0.15) is 45.1 Å². The highest BCUT2D eigenvalue weighted by molar-refractivity contribution is 5.18. The molecule has 1 aromatic rings. The number of hydrogen-bond donors (Lipinski definition) is 1. The van der Waals surface area contributed by atoms with Gasteiger partial charge in [0, 0.05) is 12.0 Å². The Morgan fingerprint density at radius 1 is 1.25 bits per heavy atom. The number of benzene rings is 1. The van der Waals surface area contributed by atoms with Gasteiger partial charge in [-0.1, -0.05) is 26.0 Å². The number of likely N-dealkylation sites (tertiary alicyclic amines) is 1. The van der Waals surface area contributed by atoms with Crippen molar-refractivity contribution in [2.45, 2.75) is 57.6 Å². The lowest BCUT2D eigenvalue weighted by molar-refractivity contribution is -0.0270. The van der Waals surface area contributed by atoms with E-state index in [2.05, 4.69) is 18.7 Å². The fourth-order valence-electron chi connectivity index (χ4n) is 3.62. The van der Waals surface area contributed by atoms with Gasteiger partial charge in [0.15, 0.2) is 0 Å². The second-order valence-corrected chi connectivity index (χ2v) is 5.85. The highest BCUT2D eigenvalue weighted by atomic mass is 19.1. The molecule has 0 radical (unpaired) electrons. The fraction of sp³-hybridized carbons (Fsp3) is 0.647. The van der Waals surface area contributed by atoms with E-state index < -0.39 is 6.10 Å². The molecule has 1 heterocycles. The first-order valence-corrected chi connectivity index (χ1v) is 7.80. The summed E-state index contributed by atoms with van der Waals surface area (Å²) in [6.45, 7) is 6.44. The summed E-state index contributed by atoms with van der Waals surface area (Å²) in [5, 5.41) is 10.8. The average Bonchev–Trinajstić information content (AvgIpc) is 2.95. The van der Waals surface area contributed by atoms with E-state index in [9.17, 15) is 9.50 Å². The molecule has 20 heavy (non-hydrogen) atoms. The third kappa shape index (κ3) is 3.04. The van der Waals surface area contributed by atoms with Crippen molar-refractivity contribution in [2.24, 2.45) is 0 Å². The van der Waals surface area contributed by atoms with E-state index >= 15 is 0 Å². The average molecular weight is 279 g/mol. The molecule has 0 amide bonds. The SMILES string of the molecule is CCC(CC)(C(O)Cc1cccc(F)c1)N1CCCC1. The van der Waals surface area contributed by atoms with Gasteiger partial charge in [-0.15, -0.1) is 0 Å². The number of aliphatic hydroxyl groups excluding tert-OH is 1. The quantitative estimate of drug-likeness (QED) is 0.863. The molecule has 1 fully saturated rings. The van der Waals surface area contributed by atoms with Gasteiger partial charge in [0.2, 0.25) is 0 Å². The third-order valence-corrected chi connectivity index (χ3v) is 4.90. The van der Waals surface area contributed by atoms with E-state index in [0.29, 0.717) is 6.42 Å². The Balaban J connectivity index is 2.16. The van der Waals surface area contributed by atoms with Crippen LogP contribution < -0.4 is 0 Å². The predicted molar refractivity (Wildman–Crippen MR) is 80.2 cm³/mol. The topological polar surface area (TPSA) is 23.5 Å². The van der Waals surface area contributed by atoms with E-state index in [0.717, 1.165) is 31.5 Å². The molecule has 2 rings (SSSR count). The van der Waals surface area contributed by atoms with Crippen LogP contribution in [0.5, 0.6) is 0 Å². The van der Waals surface area contributed by atoms with Gasteiger partial charge in [-0.25, -0.2) is 4.39 Å². The molecule has 1 aromatic carbocycles. The first kappa shape index (κ1) is 15.5. The number of nitrogens with zero attached hydrogens (tertiary/aromatic N) is 1. The van der Waals surface area contributed by atoms with Crippen molar-refractivity contribution in [1.29, 1.82) is 0 Å². The zero-order valence-corrected chi connectivity index (χ0v) is 12.6. The highest BCUT2D eigenvalue weighted by Crippen LogP contribution is 2.33. The fourth-order valence-corrected chi connectivity index (χ4v) is 3.62. The summed E-state index contributed by atoms with van der Waals surface area (Å²) < 4.78 is 13.3. The first-order chi connectivity index (χ1) is 9.62. The van der Waals surface area contributed by atoms with E-state index in [-0.39, 0.29) is 11.4 Å². The van der Waals surface area contributed by atoms with Gasteiger partial charge in [0.05, 0.1) is 6.10 Å². The molecular weight excluding hydrogens is 253 g/mol. The maximum Gasteiger partial charge on any atom is 0.123 e. The van der Waals surface area contributed by atoms with Gasteiger partial charge < -0.3 is 5.11 Å². The zero-order chi connectivity index (χ0) is 14.6. The van der Waals surface area contributed by atoms with Gasteiger partial charge in [-0.05, 0) is 56.5 Å². The smallest absolute Gasteiger partial charge is 0.123 e. The van der Waals surface area contributed by atoms with Crippen LogP contribution in [0.25, 0.3) is 0 Å². The molecule has 0 aromatic heterocycles. The highest BCUT2D eigenvalue weighted by Gasteiger charge is 2.41. The molecule has 1 N–H and O–H groups in total. The molecule has 2 nitrogen and oxygen atoms in total. The van der Waals surface area contributed by atoms with Crippen LogP contribution in [0.3, 0.4) is 0 Å². The number of aliphatic hydroxyl groups is 1. The summed E-state index contributed by atoms with van der Waals surface area (Å²) in [5.74, 6) is -0.227. The largest absolute Gasteiger partial charge is 0.391 e. The van der Waals surface area contributed by atoms with Crippen molar-refractivity contribution in [2.75, 3.05) is 13.1 Å². The van der Waals surface area contributed by atoms with Gasteiger partial charge >= 0.3 is 0 Å². The molecule has 0 saturated carbocycles. The van der Waals surface area contributed by atoms with E-state index in [1.807, 2.05) is 6.07 Å². The minimum Gasteiger partial charge on any atom is -0.391 e. The Bertz CT molecular complexity index is 425. The maximum atomic E-state index is 13.3. The summed E-state index contributed by atoms with van der Waals surface area (Å²) in [4.78, 5) is 2.44. The molecule has 1 aliphatic rings. The third-order valence-electron chi connectivity index (χ3n) is 4.90. The Labute approximate surface area is 121 Å². The van der Waals surface area contributed by atoms with Crippen LogP contribution in [-0.2, 0) is 6.42 Å². The van der Waals surface area contributed by atoms with Crippen molar-refractivity contribution in [3.05, 3.63) is 35.6 Å². The monoisotopic (exact) mass is 279 g/mol. The lowest BCUT2D eigenvalue weighted by atomic mass is 9.82. The zero-order valence-electron chi connectivity index (χ0n) is 12.6. The first-order valence-electron chi connectivity index (χ1n) is 7.80. The summed E-state index contributed by atoms with van der Waals surface area (Å²) in [5.41, 5.74) is 0.714. The normalized spacial score (nSPS) is 18.4. The van der Waals surface area contributed by atoms with Crippen LogP contribution >= 0.6 is 0 Å². The van der Waals surface area contributed by atoms with Gasteiger partial charge in [-0.3, -0.25) is 4.90 Å². The summed E-state index contributed by atoms with van der Waals surface area (Å²) in [6, 6.07) is 6.59. The Kier molecular flexibility index (Phi) is 5.17. The summed E-state index contributed by atoms with van der Waals surface area (Å²) in [6.07, 6.45) is 4.37. The van der Waals surface area contributed by atoms with Gasteiger partial charge in [-0.2, -0.15) is 0 Å². The van der Waals surface area contributed by atoms with Crippen LogP contribution in [0.15, 0.2) is 24.3 Å². The van der Waals surface area contributed by atoms with Gasteiger partial charge in [0.25, 0.3) is 0 Å². The molecule has 1 aliphatic heterocycles. The number of halogens is 1. The second-order valence-electron chi connectivity index (χ2n) is 5.85. The lowest BCUT2D eigenvalue weighted by Crippen LogP contribution is -2.55. The van der Waals surface area contributed by atoms with E-state index in [1.54, 1.807) is 6.07 Å². The minimum atomic E-state index is -0.447. The molecule has 0 bridgehead atoms. The molecule has 0 aliphatic carbocycles. The Morgan fingerprint density at radius 2 is 1.90 bits per heavy atom. The van der Waals surface area contributed by atoms with Crippen molar-refractivity contribution in [1.82, 2.24) is 4.90 Å². The summed E-state index contributed by atoms with van der Waals surface area (Å²) >= 11 is 0. The molecule has 1 saturated heterocycles. The molecule has 1 atom stereocenters. The van der Waals surface area contributed by atoms with Gasteiger partial charge in [0.1, 0.15) is 5.82 Å². The Hall–Kier alpha value is -0.930. The molecule has 3 heteroatoms. The lowest BCUT2D eigenvalue weighted by Gasteiger charge is -2.44. The van der Waals surface area contributed by atoms with E-state index in [1.165, 1.54) is 25.0 Å². The predicted octanol–water partition coefficient (Wildman–Crippen LogP) is 3.38. The van der Waals surface area contributed by atoms with Crippen LogP contribution in [0.2, 0.25) is 0 Å². The second kappa shape index (κ2) is 6.68. The van der Waals surface area contributed by atoms with Crippen molar-refractivity contribution < 1.29 is 9.50 Å². The maximum absolute atomic E-state index is 13.3. The number of hydrogen-bond acceptors (Lipinski definition) is 2. The van der Waals surface area contributed by atoms with Crippen molar-refractivity contribution >= 4 is 0 Å². The minimum absolute atomic E-state index is 0.164.